The molecule has 0 saturated carbocycles. The first-order valence-electron chi connectivity index (χ1n) is 9.86. The summed E-state index contributed by atoms with van der Waals surface area (Å²) >= 11 is 4.98. The van der Waals surface area contributed by atoms with Crippen molar-refractivity contribution in [2.75, 3.05) is 14.2 Å². The Labute approximate surface area is 190 Å². The second-order valence-electron chi connectivity index (χ2n) is 6.85. The van der Waals surface area contributed by atoms with Gasteiger partial charge in [-0.3, -0.25) is 0 Å². The molecule has 0 aliphatic heterocycles. The van der Waals surface area contributed by atoms with Gasteiger partial charge in [0.05, 0.1) is 14.2 Å². The summed E-state index contributed by atoms with van der Waals surface area (Å²) in [5.74, 6) is 3.14. The highest BCUT2D eigenvalue weighted by molar-refractivity contribution is 7.71. The molecule has 3 aromatic carbocycles. The van der Waals surface area contributed by atoms with Gasteiger partial charge in [0.1, 0.15) is 24.7 Å². The van der Waals surface area contributed by atoms with Crippen molar-refractivity contribution in [3.05, 3.63) is 82.7 Å². The maximum Gasteiger partial charge on any atom is 0.284 e. The molecule has 164 valence electrons. The molecule has 4 rings (SSSR count). The first-order valence-corrected chi connectivity index (χ1v) is 10.3. The molecule has 1 N–H and O–H groups in total. The van der Waals surface area contributed by atoms with E-state index < -0.39 is 0 Å². The number of aromatic amines is 1. The summed E-state index contributed by atoms with van der Waals surface area (Å²) in [5, 5.41) is 6.72. The van der Waals surface area contributed by atoms with Gasteiger partial charge in [0.2, 0.25) is 5.89 Å². The third-order valence-corrected chi connectivity index (χ3v) is 4.91. The van der Waals surface area contributed by atoms with E-state index in [1.54, 1.807) is 14.2 Å². The monoisotopic (exact) mass is 450 g/mol. The van der Waals surface area contributed by atoms with Gasteiger partial charge >= 0.3 is 0 Å². The summed E-state index contributed by atoms with van der Waals surface area (Å²) in [6, 6.07) is 20.9. The Balaban J connectivity index is 1.54. The van der Waals surface area contributed by atoms with Crippen LogP contribution in [0.3, 0.4) is 0 Å². The van der Waals surface area contributed by atoms with Crippen LogP contribution >= 0.6 is 12.2 Å². The topological polar surface area (TPSA) is 78.7 Å². The fraction of sp³-hybridized carbons (Fsp3) is 0.167. The number of benzene rings is 3. The molecule has 0 fully saturated rings. The Morgan fingerprint density at radius 3 is 1.84 bits per heavy atom. The zero-order valence-electron chi connectivity index (χ0n) is 17.7. The number of H-pyrrole nitrogens is 1. The highest BCUT2D eigenvalue weighted by Crippen LogP contribution is 2.33. The zero-order valence-corrected chi connectivity index (χ0v) is 18.5. The summed E-state index contributed by atoms with van der Waals surface area (Å²) in [6.45, 7) is 0.738. The van der Waals surface area contributed by atoms with Crippen molar-refractivity contribution in [2.45, 2.75) is 13.2 Å². The Bertz CT molecular complexity index is 1220. The van der Waals surface area contributed by atoms with Crippen molar-refractivity contribution in [3.63, 3.8) is 0 Å². The molecule has 0 radical (unpaired) electrons. The van der Waals surface area contributed by atoms with Crippen LogP contribution in [0.25, 0.3) is 11.5 Å². The number of aromatic nitrogens is 2. The summed E-state index contributed by atoms with van der Waals surface area (Å²) < 4.78 is 28.0. The predicted molar refractivity (Wildman–Crippen MR) is 122 cm³/mol. The summed E-state index contributed by atoms with van der Waals surface area (Å²) in [5.41, 5.74) is 2.72. The fourth-order valence-electron chi connectivity index (χ4n) is 2.99. The molecule has 0 amide bonds. The van der Waals surface area contributed by atoms with Crippen LogP contribution in [0.4, 0.5) is 0 Å². The molecule has 7 nitrogen and oxygen atoms in total. The second-order valence-corrected chi connectivity index (χ2v) is 7.22. The van der Waals surface area contributed by atoms with Crippen molar-refractivity contribution in [1.82, 2.24) is 10.2 Å². The molecule has 0 unspecified atom stereocenters. The van der Waals surface area contributed by atoms with Gasteiger partial charge in [0.25, 0.3) is 4.84 Å². The Kier molecular flexibility index (Phi) is 6.72. The van der Waals surface area contributed by atoms with Crippen molar-refractivity contribution >= 4 is 12.2 Å². The third kappa shape index (κ3) is 5.28. The number of methoxy groups -OCH3 is 2. The third-order valence-electron chi connectivity index (χ3n) is 4.74. The summed E-state index contributed by atoms with van der Waals surface area (Å²) in [7, 11) is 3.28. The van der Waals surface area contributed by atoms with E-state index >= 15 is 0 Å². The summed E-state index contributed by atoms with van der Waals surface area (Å²) in [6.07, 6.45) is 0. The highest BCUT2D eigenvalue weighted by atomic mass is 32.1. The van der Waals surface area contributed by atoms with Gasteiger partial charge in [0.15, 0.2) is 11.5 Å². The molecule has 0 aliphatic carbocycles. The minimum atomic E-state index is 0.209. The van der Waals surface area contributed by atoms with Crippen molar-refractivity contribution in [3.8, 4) is 34.5 Å². The second kappa shape index (κ2) is 10.0. The van der Waals surface area contributed by atoms with Crippen LogP contribution in [0.2, 0.25) is 0 Å². The predicted octanol–water partition coefficient (Wildman–Crippen LogP) is 5.57. The molecule has 1 aromatic heterocycles. The molecule has 32 heavy (non-hydrogen) atoms. The van der Waals surface area contributed by atoms with E-state index in [4.69, 9.17) is 35.6 Å². The van der Waals surface area contributed by atoms with Crippen molar-refractivity contribution in [2.24, 2.45) is 0 Å². The lowest BCUT2D eigenvalue weighted by Gasteiger charge is -2.14. The van der Waals surface area contributed by atoms with Crippen LogP contribution < -0.4 is 18.9 Å². The van der Waals surface area contributed by atoms with Gasteiger partial charge < -0.3 is 23.4 Å². The van der Waals surface area contributed by atoms with E-state index in [2.05, 4.69) is 10.2 Å². The molecule has 0 atom stereocenters. The lowest BCUT2D eigenvalue weighted by atomic mass is 10.2. The minimum absolute atomic E-state index is 0.209. The molecule has 0 aliphatic rings. The van der Waals surface area contributed by atoms with Gasteiger partial charge in [0, 0.05) is 5.56 Å². The first kappa shape index (κ1) is 21.5. The van der Waals surface area contributed by atoms with Gasteiger partial charge in [-0.25, -0.2) is 5.10 Å². The Morgan fingerprint density at radius 2 is 1.34 bits per heavy atom. The fourth-order valence-corrected chi connectivity index (χ4v) is 3.12. The number of ether oxygens (including phenoxy) is 4. The standard InChI is InChI=1S/C24H22N2O5S/c1-27-19-8-3-16(4-9-19)14-29-21-12-7-18(23-25-26-24(32)31-23)13-22(21)30-15-17-5-10-20(28-2)11-6-17/h3-13H,14-15H2,1-2H3,(H,26,32). The smallest absolute Gasteiger partial charge is 0.284 e. The van der Waals surface area contributed by atoms with Crippen LogP contribution in [0.5, 0.6) is 23.0 Å². The van der Waals surface area contributed by atoms with Crippen molar-refractivity contribution in [1.29, 1.82) is 0 Å². The first-order chi connectivity index (χ1) is 15.6. The molecular weight excluding hydrogens is 428 g/mol. The van der Waals surface area contributed by atoms with Crippen LogP contribution in [-0.2, 0) is 13.2 Å². The zero-order chi connectivity index (χ0) is 22.3. The Morgan fingerprint density at radius 1 is 0.781 bits per heavy atom. The Hall–Kier alpha value is -3.78. The minimum Gasteiger partial charge on any atom is -0.497 e. The normalized spacial score (nSPS) is 10.6. The summed E-state index contributed by atoms with van der Waals surface area (Å²) in [4.78, 5) is 0.209. The molecule has 0 spiro atoms. The van der Waals surface area contributed by atoms with Gasteiger partial charge in [-0.2, -0.15) is 0 Å². The lowest BCUT2D eigenvalue weighted by Crippen LogP contribution is -2.01. The quantitative estimate of drug-likeness (QED) is 0.334. The van der Waals surface area contributed by atoms with Crippen LogP contribution in [0.1, 0.15) is 11.1 Å². The number of nitrogens with one attached hydrogen (secondary N) is 1. The van der Waals surface area contributed by atoms with Gasteiger partial charge in [-0.05, 0) is 65.8 Å². The molecule has 8 heteroatoms. The van der Waals surface area contributed by atoms with Crippen LogP contribution in [0.15, 0.2) is 71.1 Å². The molecule has 0 saturated heterocycles. The van der Waals surface area contributed by atoms with Gasteiger partial charge in [-0.15, -0.1) is 5.10 Å². The highest BCUT2D eigenvalue weighted by Gasteiger charge is 2.12. The molecule has 4 aromatic rings. The average Bonchev–Trinajstić information content (AvgIpc) is 3.28. The van der Waals surface area contributed by atoms with E-state index in [1.165, 1.54) is 0 Å². The number of rotatable bonds is 9. The van der Waals surface area contributed by atoms with Crippen LogP contribution in [-0.4, -0.2) is 24.4 Å². The van der Waals surface area contributed by atoms with E-state index in [9.17, 15) is 0 Å². The van der Waals surface area contributed by atoms with Gasteiger partial charge in [-0.1, -0.05) is 24.3 Å². The molecular formula is C24H22N2O5S. The molecule has 1 heterocycles. The average molecular weight is 451 g/mol. The lowest BCUT2D eigenvalue weighted by molar-refractivity contribution is 0.256. The maximum atomic E-state index is 6.10. The SMILES string of the molecule is COc1ccc(COc2ccc(-c3n[nH]c(=S)o3)cc2OCc2ccc(OC)cc2)cc1. The van der Waals surface area contributed by atoms with Crippen LogP contribution in [0, 0.1) is 4.84 Å². The number of nitrogens with zero attached hydrogens (tertiary/aromatic N) is 1. The van der Waals surface area contributed by atoms with E-state index in [1.807, 2.05) is 66.7 Å². The number of hydrogen-bond donors (Lipinski definition) is 1. The van der Waals surface area contributed by atoms with E-state index in [-0.39, 0.29) is 4.84 Å². The molecule has 0 bridgehead atoms. The number of hydrogen-bond acceptors (Lipinski definition) is 7. The van der Waals surface area contributed by atoms with Crippen molar-refractivity contribution < 1.29 is 23.4 Å². The van der Waals surface area contributed by atoms with E-state index in [0.717, 1.165) is 28.2 Å². The largest absolute Gasteiger partial charge is 0.497 e. The van der Waals surface area contributed by atoms with E-state index in [0.29, 0.717) is 30.6 Å². The maximum absolute atomic E-state index is 6.10.